The maximum Gasteiger partial charge on any atom is 0.306 e. The van der Waals surface area contributed by atoms with E-state index in [4.69, 9.17) is 18.9 Å². The van der Waals surface area contributed by atoms with Crippen LogP contribution in [0.3, 0.4) is 0 Å². The SMILES string of the molecule is CCCCCCCC(CCCCCCC)OC(=O)CCCN(CCCC(=O)OC(CCCCCCC)CCCCCCCCCCCCC(CCCCC)OC(=O)CCCN(CCCC(=O)OC(CCCCC)CCCCC)C(=O)SCCCN(CC)CC)C(=O)SCCCN(C)C. The molecule has 2 unspecified atom stereocenters. The van der Waals surface area contributed by atoms with Crippen molar-refractivity contribution < 1.29 is 47.7 Å². The molecule has 2 atom stereocenters. The van der Waals surface area contributed by atoms with E-state index < -0.39 is 0 Å². The lowest BCUT2D eigenvalue weighted by atomic mass is 10.0. The second-order valence-electron chi connectivity index (χ2n) is 28.8. The number of nitrogens with zero attached hydrogens (tertiary/aromatic N) is 4. The number of carbonyl (C=O) groups excluding carboxylic acids is 6. The van der Waals surface area contributed by atoms with E-state index in [1.54, 1.807) is 0 Å². The summed E-state index contributed by atoms with van der Waals surface area (Å²) in [6.07, 6.45) is 51.8. The van der Waals surface area contributed by atoms with Crippen molar-refractivity contribution in [2.75, 3.05) is 78.0 Å². The van der Waals surface area contributed by atoms with Crippen LogP contribution in [0.1, 0.15) is 389 Å². The Bertz CT molecular complexity index is 1820. The zero-order valence-electron chi connectivity index (χ0n) is 65.8. The molecule has 98 heavy (non-hydrogen) atoms. The molecule has 14 nitrogen and oxygen atoms in total. The number of hydrogen-bond donors (Lipinski definition) is 0. The van der Waals surface area contributed by atoms with Crippen LogP contribution in [0.4, 0.5) is 9.59 Å². The molecule has 0 aliphatic carbocycles. The zero-order chi connectivity index (χ0) is 72.2. The fraction of sp³-hybridized carbons (Fsp3) is 0.927. The highest BCUT2D eigenvalue weighted by Crippen LogP contribution is 2.24. The van der Waals surface area contributed by atoms with Crippen LogP contribution in [0, 0.1) is 0 Å². The highest BCUT2D eigenvalue weighted by molar-refractivity contribution is 8.13. The standard InChI is InChI=1S/C82H158N4O10S2/c1-11-19-25-34-42-56-75(57-43-35-26-20-12-2)95-79(89)63-49-67-85(81(91)97-71-51-65-83(9)10)68-50-64-80(90)96-76(58-44-36-27-21-13-3)60-46-38-33-31-29-28-30-32-37-45-59-74(55-41-24-16-6)94-78(88)62-48-70-86(82(92)98-72-52-66-84(17-7)18-8)69-47-61-77(87)93-73(53-39-22-14-4)54-40-23-15-5/h73-76H,11-72H2,1-10H3. The number of rotatable bonds is 73. The van der Waals surface area contributed by atoms with Crippen LogP contribution in [0.5, 0.6) is 0 Å². The molecule has 0 radical (unpaired) electrons. The van der Waals surface area contributed by atoms with Crippen LogP contribution in [0.25, 0.3) is 0 Å². The summed E-state index contributed by atoms with van der Waals surface area (Å²) in [5.41, 5.74) is 0. The first-order chi connectivity index (χ1) is 47.7. The van der Waals surface area contributed by atoms with Crippen molar-refractivity contribution in [1.29, 1.82) is 0 Å². The monoisotopic (exact) mass is 1420 g/mol. The minimum absolute atomic E-state index is 0.0182. The molecular formula is C82H158N4O10S2. The van der Waals surface area contributed by atoms with E-state index in [1.165, 1.54) is 133 Å². The lowest BCUT2D eigenvalue weighted by Gasteiger charge is -2.23. The minimum atomic E-state index is -0.172. The Labute approximate surface area is 613 Å². The average molecular weight is 1420 g/mol. The van der Waals surface area contributed by atoms with Crippen LogP contribution >= 0.6 is 23.5 Å². The fourth-order valence-electron chi connectivity index (χ4n) is 12.9. The topological polar surface area (TPSA) is 152 Å². The molecule has 0 N–H and O–H groups in total. The van der Waals surface area contributed by atoms with Gasteiger partial charge in [-0.1, -0.05) is 246 Å². The van der Waals surface area contributed by atoms with Crippen molar-refractivity contribution in [2.24, 2.45) is 0 Å². The first-order valence-corrected chi connectivity index (χ1v) is 43.6. The summed E-state index contributed by atoms with van der Waals surface area (Å²) >= 11 is 2.70. The number of hydrogen-bond acceptors (Lipinski definition) is 14. The van der Waals surface area contributed by atoms with Crippen LogP contribution in [-0.4, -0.2) is 156 Å². The van der Waals surface area contributed by atoms with E-state index in [1.807, 2.05) is 23.9 Å². The second-order valence-corrected chi connectivity index (χ2v) is 30.9. The summed E-state index contributed by atoms with van der Waals surface area (Å²) in [4.78, 5) is 88.7. The van der Waals surface area contributed by atoms with Gasteiger partial charge in [0.15, 0.2) is 0 Å². The maximum absolute atomic E-state index is 13.6. The van der Waals surface area contributed by atoms with Crippen LogP contribution in [0.2, 0.25) is 0 Å². The molecule has 0 bridgehead atoms. The van der Waals surface area contributed by atoms with Crippen molar-refractivity contribution in [3.05, 3.63) is 0 Å². The first-order valence-electron chi connectivity index (χ1n) is 41.7. The number of esters is 4. The normalized spacial score (nSPS) is 12.3. The van der Waals surface area contributed by atoms with Gasteiger partial charge in [-0.2, -0.15) is 0 Å². The Morgan fingerprint density at radius 1 is 0.265 bits per heavy atom. The van der Waals surface area contributed by atoms with Crippen LogP contribution in [-0.2, 0) is 38.1 Å². The third-order valence-electron chi connectivity index (χ3n) is 19.2. The Balaban J connectivity index is 5.22. The highest BCUT2D eigenvalue weighted by Gasteiger charge is 2.23. The molecule has 578 valence electrons. The molecule has 0 saturated carbocycles. The van der Waals surface area contributed by atoms with Gasteiger partial charge in [-0.3, -0.25) is 28.8 Å². The Kier molecular flexibility index (Phi) is 69.6. The van der Waals surface area contributed by atoms with Gasteiger partial charge in [0.1, 0.15) is 24.4 Å². The molecule has 16 heteroatoms. The van der Waals surface area contributed by atoms with Crippen LogP contribution in [0.15, 0.2) is 0 Å². The summed E-state index contributed by atoms with van der Waals surface area (Å²) in [5.74, 6) is 0.812. The smallest absolute Gasteiger partial charge is 0.306 e. The van der Waals surface area contributed by atoms with Gasteiger partial charge in [0, 0.05) is 63.4 Å². The minimum Gasteiger partial charge on any atom is -0.462 e. The third-order valence-corrected chi connectivity index (χ3v) is 21.2. The van der Waals surface area contributed by atoms with Crippen LogP contribution < -0.4 is 0 Å². The summed E-state index contributed by atoms with van der Waals surface area (Å²) < 4.78 is 24.5. The molecule has 0 heterocycles. The molecule has 0 rings (SSSR count). The molecule has 0 spiro atoms. The summed E-state index contributed by atoms with van der Waals surface area (Å²) in [5, 5.41) is 0.0401. The highest BCUT2D eigenvalue weighted by atomic mass is 32.2. The Morgan fingerprint density at radius 3 is 0.714 bits per heavy atom. The molecule has 0 fully saturated rings. The first kappa shape index (κ1) is 95.4. The van der Waals surface area contributed by atoms with E-state index in [0.29, 0.717) is 58.3 Å². The van der Waals surface area contributed by atoms with Crippen molar-refractivity contribution in [3.8, 4) is 0 Å². The van der Waals surface area contributed by atoms with E-state index in [-0.39, 0.29) is 78.0 Å². The van der Waals surface area contributed by atoms with Gasteiger partial charge < -0.3 is 38.5 Å². The Morgan fingerprint density at radius 2 is 0.480 bits per heavy atom. The van der Waals surface area contributed by atoms with Gasteiger partial charge in [-0.05, 0) is 182 Å². The van der Waals surface area contributed by atoms with Gasteiger partial charge in [-0.25, -0.2) is 0 Å². The molecule has 0 saturated heterocycles. The van der Waals surface area contributed by atoms with Crippen molar-refractivity contribution in [3.63, 3.8) is 0 Å². The van der Waals surface area contributed by atoms with Gasteiger partial charge >= 0.3 is 23.9 Å². The molecular weight excluding hydrogens is 1270 g/mol. The second kappa shape index (κ2) is 71.4. The molecule has 0 aliphatic rings. The number of carbonyl (C=O) groups is 6. The number of amides is 2. The number of unbranched alkanes of at least 4 members (excludes halogenated alkanes) is 27. The lowest BCUT2D eigenvalue weighted by molar-refractivity contribution is -0.151. The quantitative estimate of drug-likeness (QED) is 0.0322. The van der Waals surface area contributed by atoms with Gasteiger partial charge in [0.2, 0.25) is 0 Å². The molecule has 0 aromatic rings. The van der Waals surface area contributed by atoms with E-state index >= 15 is 0 Å². The molecule has 2 amide bonds. The van der Waals surface area contributed by atoms with E-state index in [0.717, 1.165) is 211 Å². The Hall–Kier alpha value is -2.56. The summed E-state index contributed by atoms with van der Waals surface area (Å²) in [7, 11) is 4.09. The van der Waals surface area contributed by atoms with E-state index in [9.17, 15) is 28.8 Å². The van der Waals surface area contributed by atoms with Crippen molar-refractivity contribution in [2.45, 2.75) is 414 Å². The van der Waals surface area contributed by atoms with Gasteiger partial charge in [0.05, 0.1) is 0 Å². The zero-order valence-corrected chi connectivity index (χ0v) is 67.5. The third kappa shape index (κ3) is 61.0. The maximum atomic E-state index is 13.6. The summed E-state index contributed by atoms with van der Waals surface area (Å²) in [6, 6.07) is 0. The lowest BCUT2D eigenvalue weighted by Crippen LogP contribution is -2.31. The van der Waals surface area contributed by atoms with E-state index in [2.05, 4.69) is 65.2 Å². The molecule has 0 aliphatic heterocycles. The predicted molar refractivity (Wildman–Crippen MR) is 419 cm³/mol. The number of thioether (sulfide) groups is 2. The molecule has 0 aromatic carbocycles. The average Bonchev–Trinajstić information content (AvgIpc) is 1.34. The number of ether oxygens (including phenoxy) is 4. The van der Waals surface area contributed by atoms with Gasteiger partial charge in [0.25, 0.3) is 10.5 Å². The van der Waals surface area contributed by atoms with Gasteiger partial charge in [-0.15, -0.1) is 0 Å². The predicted octanol–water partition coefficient (Wildman–Crippen LogP) is 23.3. The van der Waals surface area contributed by atoms with Crippen molar-refractivity contribution in [1.82, 2.24) is 19.6 Å². The largest absolute Gasteiger partial charge is 0.462 e. The van der Waals surface area contributed by atoms with Crippen molar-refractivity contribution >= 4 is 57.9 Å². The molecule has 0 aromatic heterocycles. The summed E-state index contributed by atoms with van der Waals surface area (Å²) in [6.45, 7) is 23.4. The fourth-order valence-corrected chi connectivity index (χ4v) is 14.6.